The Morgan fingerprint density at radius 2 is 2.04 bits per heavy atom. The molecular formula is C18H21N7O2. The number of ether oxygens (including phenoxy) is 2. The minimum Gasteiger partial charge on any atom is -0.475 e. The maximum absolute atomic E-state index is 6.04. The number of nitrogens with one attached hydrogen (secondary N) is 1. The van der Waals surface area contributed by atoms with Crippen LogP contribution in [0.2, 0.25) is 0 Å². The highest BCUT2D eigenvalue weighted by Crippen LogP contribution is 2.55. The summed E-state index contributed by atoms with van der Waals surface area (Å²) in [5.41, 5.74) is 3.70. The number of hydrogen-bond acceptors (Lipinski definition) is 7. The van der Waals surface area contributed by atoms with Crippen LogP contribution in [-0.4, -0.2) is 49.3 Å². The predicted molar refractivity (Wildman–Crippen MR) is 97.3 cm³/mol. The fraction of sp³-hybridized carbons (Fsp3) is 0.556. The molecule has 0 unspecified atom stereocenters. The van der Waals surface area contributed by atoms with Crippen molar-refractivity contribution in [2.24, 2.45) is 11.8 Å². The third-order valence-electron chi connectivity index (χ3n) is 5.97. The fourth-order valence-corrected chi connectivity index (χ4v) is 4.42. The number of nitrogens with zero attached hydrogens (tertiary/aromatic N) is 6. The molecule has 0 aromatic carbocycles. The number of aryl methyl sites for hydroxylation is 2. The molecule has 1 N–H and O–H groups in total. The van der Waals surface area contributed by atoms with E-state index in [2.05, 4.69) is 27.0 Å². The zero-order chi connectivity index (χ0) is 18.1. The van der Waals surface area contributed by atoms with Crippen LogP contribution in [0.15, 0.2) is 6.20 Å². The van der Waals surface area contributed by atoms with Crippen molar-refractivity contribution in [3.8, 4) is 5.88 Å². The molecule has 9 nitrogen and oxygen atoms in total. The van der Waals surface area contributed by atoms with Crippen molar-refractivity contribution in [3.63, 3.8) is 0 Å². The molecule has 140 valence electrons. The second-order valence-corrected chi connectivity index (χ2v) is 7.63. The van der Waals surface area contributed by atoms with E-state index < -0.39 is 0 Å². The van der Waals surface area contributed by atoms with Gasteiger partial charge in [0.1, 0.15) is 5.69 Å². The van der Waals surface area contributed by atoms with Gasteiger partial charge in [-0.05, 0) is 13.8 Å². The van der Waals surface area contributed by atoms with E-state index in [1.54, 1.807) is 0 Å². The van der Waals surface area contributed by atoms with Gasteiger partial charge in [-0.1, -0.05) is 0 Å². The molecule has 2 aliphatic heterocycles. The van der Waals surface area contributed by atoms with Gasteiger partial charge in [-0.15, -0.1) is 5.10 Å². The molecule has 0 radical (unpaired) electrons. The number of hydrogen-bond donors (Lipinski definition) is 1. The van der Waals surface area contributed by atoms with Crippen LogP contribution in [0.4, 0.5) is 11.6 Å². The van der Waals surface area contributed by atoms with Crippen molar-refractivity contribution in [1.29, 1.82) is 0 Å². The predicted octanol–water partition coefficient (Wildman–Crippen LogP) is 1.98. The van der Waals surface area contributed by atoms with E-state index in [9.17, 15) is 0 Å². The molecule has 1 saturated carbocycles. The van der Waals surface area contributed by atoms with Crippen molar-refractivity contribution in [2.45, 2.75) is 32.9 Å². The van der Waals surface area contributed by atoms with Crippen molar-refractivity contribution >= 4 is 22.7 Å². The SMILES string of the molecule is Cc1nn2c3nc(ncc13)Nc1c(nn([C@H]3[C@@H]4COC[C@@H]43)c1C)OCCC2. The lowest BCUT2D eigenvalue weighted by Crippen LogP contribution is -2.09. The Morgan fingerprint density at radius 3 is 2.89 bits per heavy atom. The maximum Gasteiger partial charge on any atom is 0.257 e. The van der Waals surface area contributed by atoms with E-state index in [-0.39, 0.29) is 0 Å². The van der Waals surface area contributed by atoms with Crippen LogP contribution >= 0.6 is 0 Å². The topological polar surface area (TPSA) is 91.9 Å². The van der Waals surface area contributed by atoms with E-state index in [1.165, 1.54) is 0 Å². The largest absolute Gasteiger partial charge is 0.475 e. The molecule has 0 spiro atoms. The fourth-order valence-electron chi connectivity index (χ4n) is 4.42. The van der Waals surface area contributed by atoms with Crippen molar-refractivity contribution in [2.75, 3.05) is 25.1 Å². The van der Waals surface area contributed by atoms with Crippen LogP contribution in [-0.2, 0) is 11.3 Å². The number of anilines is 2. The number of fused-ring (bicyclic) bond motifs is 3. The zero-order valence-corrected chi connectivity index (χ0v) is 15.3. The molecule has 3 aromatic rings. The first-order valence-corrected chi connectivity index (χ1v) is 9.47. The van der Waals surface area contributed by atoms with Crippen LogP contribution in [0.1, 0.15) is 23.9 Å². The molecule has 6 rings (SSSR count). The van der Waals surface area contributed by atoms with Gasteiger partial charge in [0.05, 0.1) is 42.6 Å². The van der Waals surface area contributed by atoms with Gasteiger partial charge in [0.15, 0.2) is 5.65 Å². The van der Waals surface area contributed by atoms with E-state index in [0.717, 1.165) is 54.3 Å². The van der Waals surface area contributed by atoms with E-state index in [4.69, 9.17) is 19.6 Å². The first-order chi connectivity index (χ1) is 13.2. The second-order valence-electron chi connectivity index (χ2n) is 7.63. The molecule has 3 aromatic heterocycles. The van der Waals surface area contributed by atoms with Gasteiger partial charge >= 0.3 is 0 Å². The van der Waals surface area contributed by atoms with E-state index >= 15 is 0 Å². The van der Waals surface area contributed by atoms with E-state index in [1.807, 2.05) is 17.8 Å². The molecule has 27 heavy (non-hydrogen) atoms. The molecule has 2 bridgehead atoms. The average molecular weight is 367 g/mol. The van der Waals surface area contributed by atoms with Gasteiger partial charge in [-0.25, -0.2) is 9.67 Å². The Balaban J connectivity index is 1.43. The van der Waals surface area contributed by atoms with Crippen LogP contribution in [0, 0.1) is 25.7 Å². The zero-order valence-electron chi connectivity index (χ0n) is 15.3. The molecule has 1 saturated heterocycles. The summed E-state index contributed by atoms with van der Waals surface area (Å²) in [6.45, 7) is 7.05. The molecule has 2 fully saturated rings. The minimum atomic E-state index is 0.414. The van der Waals surface area contributed by atoms with Gasteiger partial charge in [0.2, 0.25) is 5.95 Å². The minimum absolute atomic E-state index is 0.414. The lowest BCUT2D eigenvalue weighted by Gasteiger charge is -2.08. The lowest BCUT2D eigenvalue weighted by atomic mass is 10.3. The Hall–Kier alpha value is -2.68. The molecule has 9 heteroatoms. The molecular weight excluding hydrogens is 346 g/mol. The number of aromatic nitrogens is 6. The second kappa shape index (κ2) is 5.41. The Morgan fingerprint density at radius 1 is 1.19 bits per heavy atom. The van der Waals surface area contributed by atoms with E-state index in [0.29, 0.717) is 36.3 Å². The van der Waals surface area contributed by atoms with Crippen molar-refractivity contribution < 1.29 is 9.47 Å². The van der Waals surface area contributed by atoms with Crippen LogP contribution in [0.3, 0.4) is 0 Å². The van der Waals surface area contributed by atoms with Gasteiger partial charge in [-0.3, -0.25) is 4.68 Å². The molecule has 0 amide bonds. The normalized spacial score (nSPS) is 26.2. The molecule has 3 aliphatic rings. The highest BCUT2D eigenvalue weighted by Gasteiger charge is 2.56. The van der Waals surface area contributed by atoms with Gasteiger partial charge in [-0.2, -0.15) is 10.1 Å². The van der Waals surface area contributed by atoms with Crippen LogP contribution < -0.4 is 10.1 Å². The quantitative estimate of drug-likeness (QED) is 0.703. The van der Waals surface area contributed by atoms with Crippen LogP contribution in [0.5, 0.6) is 5.88 Å². The summed E-state index contributed by atoms with van der Waals surface area (Å²) in [4.78, 5) is 9.20. The lowest BCUT2D eigenvalue weighted by molar-refractivity contribution is 0.149. The monoisotopic (exact) mass is 367 g/mol. The Labute approximate surface area is 155 Å². The summed E-state index contributed by atoms with van der Waals surface area (Å²) in [5.74, 6) is 2.32. The standard InChI is InChI=1S/C18H21N7O2/c1-9-11-6-19-18-20-14-10(2)25(15-12-7-26-8-13(12)15)23-17(14)27-5-3-4-24(22-9)16(11)21-18/h6,12-13,15H,3-5,7-8H2,1-2H3,(H,19,20,21)/t12-,13+,15+. The van der Waals surface area contributed by atoms with Crippen molar-refractivity contribution in [3.05, 3.63) is 17.6 Å². The Bertz CT molecular complexity index is 1050. The highest BCUT2D eigenvalue weighted by atomic mass is 16.5. The summed E-state index contributed by atoms with van der Waals surface area (Å²) in [6.07, 6.45) is 2.67. The summed E-state index contributed by atoms with van der Waals surface area (Å²) in [5, 5.41) is 13.7. The highest BCUT2D eigenvalue weighted by molar-refractivity contribution is 5.79. The third kappa shape index (κ3) is 2.21. The molecule has 1 aliphatic carbocycles. The van der Waals surface area contributed by atoms with Crippen LogP contribution in [0.25, 0.3) is 11.0 Å². The average Bonchev–Trinajstić information content (AvgIpc) is 2.97. The first kappa shape index (κ1) is 15.4. The summed E-state index contributed by atoms with van der Waals surface area (Å²) < 4.78 is 15.6. The molecule has 5 heterocycles. The summed E-state index contributed by atoms with van der Waals surface area (Å²) in [6, 6.07) is 0.414. The van der Waals surface area contributed by atoms with Crippen molar-refractivity contribution in [1.82, 2.24) is 29.5 Å². The summed E-state index contributed by atoms with van der Waals surface area (Å²) in [7, 11) is 0. The maximum atomic E-state index is 6.04. The smallest absolute Gasteiger partial charge is 0.257 e. The Kier molecular flexibility index (Phi) is 3.09. The summed E-state index contributed by atoms with van der Waals surface area (Å²) >= 11 is 0. The first-order valence-electron chi connectivity index (χ1n) is 9.47. The molecule has 3 atom stereocenters. The van der Waals surface area contributed by atoms with Gasteiger partial charge in [0.25, 0.3) is 5.88 Å². The number of rotatable bonds is 1. The third-order valence-corrected chi connectivity index (χ3v) is 5.97. The van der Waals surface area contributed by atoms with Gasteiger partial charge in [0, 0.05) is 31.0 Å². The van der Waals surface area contributed by atoms with Gasteiger partial charge < -0.3 is 14.8 Å².